The molecule has 1 fully saturated rings. The van der Waals surface area contributed by atoms with Crippen LogP contribution in [-0.4, -0.2) is 29.5 Å². The van der Waals surface area contributed by atoms with Gasteiger partial charge in [-0.15, -0.1) is 0 Å². The number of hydrogen-bond acceptors (Lipinski definition) is 4. The SMILES string of the molecule is Cc1nc(-c2ccc3c(c2)ncn3C2CCCCC2)c2[nH]cnc2n1. The van der Waals surface area contributed by atoms with Gasteiger partial charge < -0.3 is 9.55 Å². The van der Waals surface area contributed by atoms with E-state index < -0.39 is 0 Å². The smallest absolute Gasteiger partial charge is 0.181 e. The number of H-pyrrole nitrogens is 1. The number of aryl methyl sites for hydroxylation is 1. The molecular weight excluding hydrogens is 312 g/mol. The predicted molar refractivity (Wildman–Crippen MR) is 97.3 cm³/mol. The number of aromatic nitrogens is 6. The summed E-state index contributed by atoms with van der Waals surface area (Å²) in [6, 6.07) is 7.01. The molecule has 126 valence electrons. The fourth-order valence-electron chi connectivity index (χ4n) is 3.98. The monoisotopic (exact) mass is 332 g/mol. The van der Waals surface area contributed by atoms with Crippen molar-refractivity contribution in [2.75, 3.05) is 0 Å². The number of rotatable bonds is 2. The Labute approximate surface area is 145 Å². The molecule has 1 N–H and O–H groups in total. The molecule has 0 unspecified atom stereocenters. The third-order valence-corrected chi connectivity index (χ3v) is 5.21. The third kappa shape index (κ3) is 2.40. The Kier molecular flexibility index (Phi) is 3.29. The minimum Gasteiger partial charge on any atom is -0.341 e. The molecule has 0 atom stereocenters. The van der Waals surface area contributed by atoms with Crippen LogP contribution >= 0.6 is 0 Å². The summed E-state index contributed by atoms with van der Waals surface area (Å²) in [5.74, 6) is 0.724. The van der Waals surface area contributed by atoms with Gasteiger partial charge in [0.05, 0.1) is 29.4 Å². The Morgan fingerprint density at radius 1 is 1.08 bits per heavy atom. The zero-order chi connectivity index (χ0) is 16.8. The quantitative estimate of drug-likeness (QED) is 0.597. The second-order valence-electron chi connectivity index (χ2n) is 6.87. The van der Waals surface area contributed by atoms with Crippen LogP contribution in [0, 0.1) is 6.92 Å². The van der Waals surface area contributed by atoms with Crippen molar-refractivity contribution in [2.45, 2.75) is 45.1 Å². The molecule has 1 aromatic carbocycles. The van der Waals surface area contributed by atoms with Crippen LogP contribution in [0.5, 0.6) is 0 Å². The van der Waals surface area contributed by atoms with Gasteiger partial charge in [0.1, 0.15) is 11.3 Å². The van der Waals surface area contributed by atoms with Crippen LogP contribution in [0.2, 0.25) is 0 Å². The second kappa shape index (κ2) is 5.65. The van der Waals surface area contributed by atoms with Crippen molar-refractivity contribution in [3.63, 3.8) is 0 Å². The number of imidazole rings is 2. The van der Waals surface area contributed by atoms with Crippen LogP contribution in [-0.2, 0) is 0 Å². The van der Waals surface area contributed by atoms with Gasteiger partial charge in [0.25, 0.3) is 0 Å². The van der Waals surface area contributed by atoms with Crippen LogP contribution in [0.15, 0.2) is 30.9 Å². The first-order valence-corrected chi connectivity index (χ1v) is 8.94. The van der Waals surface area contributed by atoms with Gasteiger partial charge >= 0.3 is 0 Å². The average Bonchev–Trinajstić information content (AvgIpc) is 3.27. The maximum Gasteiger partial charge on any atom is 0.181 e. The summed E-state index contributed by atoms with van der Waals surface area (Å²) in [5, 5.41) is 0. The molecule has 5 rings (SSSR count). The van der Waals surface area contributed by atoms with Gasteiger partial charge in [-0.25, -0.2) is 19.9 Å². The lowest BCUT2D eigenvalue weighted by atomic mass is 9.95. The van der Waals surface area contributed by atoms with Crippen molar-refractivity contribution in [3.05, 3.63) is 36.7 Å². The normalized spacial score (nSPS) is 16.0. The molecule has 3 aromatic heterocycles. The number of fused-ring (bicyclic) bond motifs is 2. The van der Waals surface area contributed by atoms with Crippen LogP contribution < -0.4 is 0 Å². The highest BCUT2D eigenvalue weighted by molar-refractivity contribution is 5.90. The van der Waals surface area contributed by atoms with E-state index in [0.717, 1.165) is 28.1 Å². The summed E-state index contributed by atoms with van der Waals surface area (Å²) in [5.41, 5.74) is 5.73. The number of nitrogens with one attached hydrogen (secondary N) is 1. The van der Waals surface area contributed by atoms with E-state index in [0.29, 0.717) is 11.7 Å². The van der Waals surface area contributed by atoms with Crippen LogP contribution in [0.25, 0.3) is 33.5 Å². The first-order chi connectivity index (χ1) is 12.3. The molecule has 6 heteroatoms. The van der Waals surface area contributed by atoms with E-state index in [-0.39, 0.29) is 0 Å². The molecule has 4 aromatic rings. The molecule has 1 saturated carbocycles. The Morgan fingerprint density at radius 2 is 1.96 bits per heavy atom. The summed E-state index contributed by atoms with van der Waals surface area (Å²) < 4.78 is 2.36. The first kappa shape index (κ1) is 14.6. The molecule has 1 aliphatic rings. The highest BCUT2D eigenvalue weighted by Gasteiger charge is 2.18. The van der Waals surface area contributed by atoms with Crippen molar-refractivity contribution in [3.8, 4) is 11.3 Å². The van der Waals surface area contributed by atoms with E-state index in [1.807, 2.05) is 13.3 Å². The van der Waals surface area contributed by atoms with E-state index in [9.17, 15) is 0 Å². The molecule has 0 saturated heterocycles. The summed E-state index contributed by atoms with van der Waals surface area (Å²) in [4.78, 5) is 21.1. The Balaban J connectivity index is 1.62. The van der Waals surface area contributed by atoms with Crippen LogP contribution in [0.4, 0.5) is 0 Å². The van der Waals surface area contributed by atoms with Crippen molar-refractivity contribution < 1.29 is 0 Å². The minimum atomic E-state index is 0.588. The Bertz CT molecular complexity index is 1050. The molecule has 0 spiro atoms. The summed E-state index contributed by atoms with van der Waals surface area (Å²) in [6.45, 7) is 1.90. The lowest BCUT2D eigenvalue weighted by Crippen LogP contribution is -2.11. The molecule has 0 aliphatic heterocycles. The van der Waals surface area contributed by atoms with E-state index in [2.05, 4.69) is 47.7 Å². The molecule has 25 heavy (non-hydrogen) atoms. The molecule has 6 nitrogen and oxygen atoms in total. The first-order valence-electron chi connectivity index (χ1n) is 8.94. The Hall–Kier alpha value is -2.76. The fraction of sp³-hybridized carbons (Fsp3) is 0.368. The fourth-order valence-corrected chi connectivity index (χ4v) is 3.98. The van der Waals surface area contributed by atoms with Gasteiger partial charge in [-0.2, -0.15) is 0 Å². The van der Waals surface area contributed by atoms with Gasteiger partial charge in [-0.1, -0.05) is 25.3 Å². The van der Waals surface area contributed by atoms with Gasteiger partial charge in [0.15, 0.2) is 5.65 Å². The van der Waals surface area contributed by atoms with Gasteiger partial charge in [-0.05, 0) is 31.9 Å². The molecule has 3 heterocycles. The van der Waals surface area contributed by atoms with Crippen molar-refractivity contribution in [2.24, 2.45) is 0 Å². The maximum atomic E-state index is 4.66. The number of aromatic amines is 1. The summed E-state index contributed by atoms with van der Waals surface area (Å²) >= 11 is 0. The van der Waals surface area contributed by atoms with Crippen molar-refractivity contribution in [1.29, 1.82) is 0 Å². The van der Waals surface area contributed by atoms with E-state index >= 15 is 0 Å². The number of hydrogen-bond donors (Lipinski definition) is 1. The largest absolute Gasteiger partial charge is 0.341 e. The average molecular weight is 332 g/mol. The van der Waals surface area contributed by atoms with Gasteiger partial charge in [-0.3, -0.25) is 0 Å². The zero-order valence-corrected chi connectivity index (χ0v) is 14.2. The summed E-state index contributed by atoms with van der Waals surface area (Å²) in [7, 11) is 0. The van der Waals surface area contributed by atoms with E-state index in [4.69, 9.17) is 0 Å². The van der Waals surface area contributed by atoms with E-state index in [1.165, 1.54) is 37.6 Å². The number of benzene rings is 1. The standard InChI is InChI=1S/C19H20N6/c1-12-23-17(18-19(24-12)21-10-20-18)13-7-8-16-15(9-13)22-11-25(16)14-5-3-2-4-6-14/h7-11,14H,2-6H2,1H3,(H,20,21,23,24). The van der Waals surface area contributed by atoms with Crippen molar-refractivity contribution >= 4 is 22.2 Å². The topological polar surface area (TPSA) is 72.3 Å². The highest BCUT2D eigenvalue weighted by atomic mass is 15.1. The van der Waals surface area contributed by atoms with E-state index in [1.54, 1.807) is 6.33 Å². The molecule has 0 radical (unpaired) electrons. The molecule has 0 bridgehead atoms. The maximum absolute atomic E-state index is 4.66. The van der Waals surface area contributed by atoms with Gasteiger partial charge in [0, 0.05) is 11.6 Å². The highest BCUT2D eigenvalue weighted by Crippen LogP contribution is 2.32. The Morgan fingerprint density at radius 3 is 2.84 bits per heavy atom. The summed E-state index contributed by atoms with van der Waals surface area (Å²) in [6.07, 6.45) is 10.2. The number of nitrogens with zero attached hydrogens (tertiary/aromatic N) is 5. The van der Waals surface area contributed by atoms with Crippen LogP contribution in [0.1, 0.15) is 44.0 Å². The third-order valence-electron chi connectivity index (χ3n) is 5.21. The van der Waals surface area contributed by atoms with Crippen molar-refractivity contribution in [1.82, 2.24) is 29.5 Å². The molecule has 1 aliphatic carbocycles. The second-order valence-corrected chi connectivity index (χ2v) is 6.87. The molecule has 0 amide bonds. The van der Waals surface area contributed by atoms with Crippen LogP contribution in [0.3, 0.4) is 0 Å². The lowest BCUT2D eigenvalue weighted by Gasteiger charge is -2.23. The predicted octanol–water partition coefficient (Wildman–Crippen LogP) is 4.18. The lowest BCUT2D eigenvalue weighted by molar-refractivity contribution is 0.359. The minimum absolute atomic E-state index is 0.588. The molecular formula is C19H20N6. The van der Waals surface area contributed by atoms with Gasteiger partial charge in [0.2, 0.25) is 0 Å². The zero-order valence-electron chi connectivity index (χ0n) is 14.2.